The van der Waals surface area contributed by atoms with Crippen molar-refractivity contribution in [2.24, 2.45) is 0 Å². The topological polar surface area (TPSA) is 76.5 Å². The summed E-state index contributed by atoms with van der Waals surface area (Å²) < 4.78 is 27.4. The summed E-state index contributed by atoms with van der Waals surface area (Å²) in [6, 6.07) is 0. The minimum Gasteiger partial charge on any atom is -0.496 e. The first-order valence-corrected chi connectivity index (χ1v) is 7.65. The van der Waals surface area contributed by atoms with Gasteiger partial charge in [-0.2, -0.15) is 0 Å². The van der Waals surface area contributed by atoms with E-state index in [1.54, 1.807) is 13.3 Å². The lowest BCUT2D eigenvalue weighted by molar-refractivity contribution is 0.196. The number of ether oxygens (including phenoxy) is 1. The first kappa shape index (κ1) is 14.9. The van der Waals surface area contributed by atoms with E-state index < -0.39 is 15.9 Å². The third-order valence-electron chi connectivity index (χ3n) is 2.67. The molecular formula is C12H19NO4S. The highest BCUT2D eigenvalue weighted by Gasteiger charge is 2.17. The van der Waals surface area contributed by atoms with Crippen LogP contribution in [0, 0.1) is 13.8 Å². The molecule has 0 aliphatic rings. The number of pyridine rings is 1. The van der Waals surface area contributed by atoms with Gasteiger partial charge in [0, 0.05) is 35.7 Å². The van der Waals surface area contributed by atoms with Crippen LogP contribution in [0.3, 0.4) is 0 Å². The van der Waals surface area contributed by atoms with Crippen molar-refractivity contribution < 1.29 is 18.3 Å². The van der Waals surface area contributed by atoms with Crippen molar-refractivity contribution in [3.05, 3.63) is 23.0 Å². The SMILES string of the molecule is COc1c(C)cnc(CC(O)CS(C)(=O)=O)c1C. The molecule has 0 aliphatic carbocycles. The summed E-state index contributed by atoms with van der Waals surface area (Å²) in [5.74, 6) is 0.469. The maximum Gasteiger partial charge on any atom is 0.150 e. The molecule has 0 aliphatic heterocycles. The molecule has 1 rings (SSSR count). The van der Waals surface area contributed by atoms with Gasteiger partial charge in [0.15, 0.2) is 0 Å². The van der Waals surface area contributed by atoms with Gasteiger partial charge in [0.05, 0.1) is 19.0 Å². The Kier molecular flexibility index (Phi) is 4.70. The molecule has 1 atom stereocenters. The van der Waals surface area contributed by atoms with Gasteiger partial charge in [-0.15, -0.1) is 0 Å². The van der Waals surface area contributed by atoms with Crippen LogP contribution in [0.15, 0.2) is 6.20 Å². The molecule has 0 bridgehead atoms. The zero-order chi connectivity index (χ0) is 13.9. The van der Waals surface area contributed by atoms with E-state index in [0.29, 0.717) is 5.69 Å². The van der Waals surface area contributed by atoms with E-state index in [4.69, 9.17) is 4.74 Å². The fourth-order valence-corrected chi connectivity index (χ4v) is 2.73. The highest BCUT2D eigenvalue weighted by molar-refractivity contribution is 7.90. The number of hydrogen-bond donors (Lipinski definition) is 1. The lowest BCUT2D eigenvalue weighted by Crippen LogP contribution is -2.23. The van der Waals surface area contributed by atoms with E-state index in [-0.39, 0.29) is 12.2 Å². The molecule has 0 radical (unpaired) electrons. The molecule has 5 nitrogen and oxygen atoms in total. The highest BCUT2D eigenvalue weighted by atomic mass is 32.2. The van der Waals surface area contributed by atoms with Crippen molar-refractivity contribution in [1.29, 1.82) is 0 Å². The summed E-state index contributed by atoms with van der Waals surface area (Å²) in [6.45, 7) is 3.73. The molecule has 6 heteroatoms. The van der Waals surface area contributed by atoms with Gasteiger partial charge in [0.25, 0.3) is 0 Å². The van der Waals surface area contributed by atoms with Crippen molar-refractivity contribution in [2.75, 3.05) is 19.1 Å². The van der Waals surface area contributed by atoms with Crippen LogP contribution in [0.2, 0.25) is 0 Å². The first-order chi connectivity index (χ1) is 8.24. The van der Waals surface area contributed by atoms with Gasteiger partial charge >= 0.3 is 0 Å². The maximum absolute atomic E-state index is 11.1. The zero-order valence-electron chi connectivity index (χ0n) is 11.1. The van der Waals surface area contributed by atoms with E-state index in [0.717, 1.165) is 23.1 Å². The second-order valence-electron chi connectivity index (χ2n) is 4.50. The molecule has 0 spiro atoms. The Morgan fingerprint density at radius 1 is 1.44 bits per heavy atom. The van der Waals surface area contributed by atoms with Gasteiger partial charge in [0.1, 0.15) is 15.6 Å². The van der Waals surface area contributed by atoms with Crippen molar-refractivity contribution in [1.82, 2.24) is 4.98 Å². The minimum absolute atomic E-state index is 0.204. The Labute approximate surface area is 108 Å². The van der Waals surface area contributed by atoms with Gasteiger partial charge in [-0.05, 0) is 13.8 Å². The third-order valence-corrected chi connectivity index (χ3v) is 3.66. The Bertz CT molecular complexity index is 525. The second-order valence-corrected chi connectivity index (χ2v) is 6.68. The van der Waals surface area contributed by atoms with Crippen LogP contribution in [0.25, 0.3) is 0 Å². The number of hydrogen-bond acceptors (Lipinski definition) is 5. The van der Waals surface area contributed by atoms with E-state index in [9.17, 15) is 13.5 Å². The van der Waals surface area contributed by atoms with E-state index in [1.807, 2.05) is 13.8 Å². The standard InChI is InChI=1S/C12H19NO4S/c1-8-6-13-11(9(2)12(8)17-3)5-10(14)7-18(4,15)16/h6,10,14H,5,7H2,1-4H3. The second kappa shape index (κ2) is 5.67. The number of methoxy groups -OCH3 is 1. The van der Waals surface area contributed by atoms with Crippen LogP contribution < -0.4 is 4.74 Å². The average Bonchev–Trinajstić information content (AvgIpc) is 2.20. The van der Waals surface area contributed by atoms with Gasteiger partial charge in [-0.25, -0.2) is 8.42 Å². The molecule has 1 aromatic heterocycles. The average molecular weight is 273 g/mol. The number of rotatable bonds is 5. The van der Waals surface area contributed by atoms with Crippen LogP contribution in [-0.2, 0) is 16.3 Å². The monoisotopic (exact) mass is 273 g/mol. The van der Waals surface area contributed by atoms with Crippen molar-refractivity contribution >= 4 is 9.84 Å². The van der Waals surface area contributed by atoms with Crippen LogP contribution in [0.5, 0.6) is 5.75 Å². The van der Waals surface area contributed by atoms with Gasteiger partial charge in [-0.1, -0.05) is 0 Å². The summed E-state index contributed by atoms with van der Waals surface area (Å²) in [4.78, 5) is 4.22. The van der Waals surface area contributed by atoms with Gasteiger partial charge in [-0.3, -0.25) is 4.98 Å². The maximum atomic E-state index is 11.1. The fraction of sp³-hybridized carbons (Fsp3) is 0.583. The van der Waals surface area contributed by atoms with Crippen LogP contribution in [-0.4, -0.2) is 43.7 Å². The summed E-state index contributed by atoms with van der Waals surface area (Å²) in [5, 5.41) is 9.74. The van der Waals surface area contributed by atoms with Crippen molar-refractivity contribution in [2.45, 2.75) is 26.4 Å². The number of aromatic nitrogens is 1. The summed E-state index contributed by atoms with van der Waals surface area (Å²) >= 11 is 0. The van der Waals surface area contributed by atoms with Crippen molar-refractivity contribution in [3.8, 4) is 5.75 Å². The fourth-order valence-electron chi connectivity index (χ4n) is 1.91. The number of sulfone groups is 1. The predicted molar refractivity (Wildman–Crippen MR) is 69.7 cm³/mol. The third kappa shape index (κ3) is 3.96. The quantitative estimate of drug-likeness (QED) is 0.852. The zero-order valence-corrected chi connectivity index (χ0v) is 11.9. The molecule has 0 amide bonds. The predicted octanol–water partition coefficient (Wildman–Crippen LogP) is 0.655. The van der Waals surface area contributed by atoms with Crippen LogP contribution >= 0.6 is 0 Å². The molecular weight excluding hydrogens is 254 g/mol. The molecule has 18 heavy (non-hydrogen) atoms. The number of nitrogens with zero attached hydrogens (tertiary/aromatic N) is 1. The number of aliphatic hydroxyl groups is 1. The molecule has 1 unspecified atom stereocenters. The molecule has 0 aromatic carbocycles. The summed E-state index contributed by atoms with van der Waals surface area (Å²) in [7, 11) is -1.61. The van der Waals surface area contributed by atoms with E-state index >= 15 is 0 Å². The molecule has 0 saturated carbocycles. The number of aliphatic hydroxyl groups excluding tert-OH is 1. The van der Waals surface area contributed by atoms with E-state index in [2.05, 4.69) is 4.98 Å². The minimum atomic E-state index is -3.19. The lowest BCUT2D eigenvalue weighted by Gasteiger charge is -2.14. The van der Waals surface area contributed by atoms with E-state index in [1.165, 1.54) is 0 Å². The Hall–Kier alpha value is -1.14. The first-order valence-electron chi connectivity index (χ1n) is 5.59. The lowest BCUT2D eigenvalue weighted by atomic mass is 10.1. The summed E-state index contributed by atoms with van der Waals surface area (Å²) in [6.07, 6.45) is 2.02. The summed E-state index contributed by atoms with van der Waals surface area (Å²) in [5.41, 5.74) is 2.41. The Balaban J connectivity index is 2.92. The smallest absolute Gasteiger partial charge is 0.150 e. The molecule has 1 N–H and O–H groups in total. The highest BCUT2D eigenvalue weighted by Crippen LogP contribution is 2.24. The van der Waals surface area contributed by atoms with Crippen LogP contribution in [0.1, 0.15) is 16.8 Å². The Morgan fingerprint density at radius 2 is 2.06 bits per heavy atom. The Morgan fingerprint density at radius 3 is 2.56 bits per heavy atom. The molecule has 1 heterocycles. The molecule has 1 aromatic rings. The van der Waals surface area contributed by atoms with Gasteiger partial charge in [0.2, 0.25) is 0 Å². The number of aryl methyl sites for hydroxylation is 1. The van der Waals surface area contributed by atoms with Crippen LogP contribution in [0.4, 0.5) is 0 Å². The van der Waals surface area contributed by atoms with Crippen molar-refractivity contribution in [3.63, 3.8) is 0 Å². The normalized spacial score (nSPS) is 13.4. The molecule has 0 saturated heterocycles. The molecule has 102 valence electrons. The molecule has 0 fully saturated rings. The van der Waals surface area contributed by atoms with Gasteiger partial charge < -0.3 is 9.84 Å². The largest absolute Gasteiger partial charge is 0.496 e.